The Bertz CT molecular complexity index is 1220. The smallest absolute Gasteiger partial charge is 0.226 e. The van der Waals surface area contributed by atoms with E-state index in [1.165, 1.54) is 23.5 Å². The van der Waals surface area contributed by atoms with Crippen LogP contribution < -0.4 is 14.8 Å². The number of hydrogen-bond acceptors (Lipinski definition) is 5. The molecule has 1 N–H and O–H groups in total. The fraction of sp³-hybridized carbons (Fsp3) is 0.217. The molecule has 0 radical (unpaired) electrons. The van der Waals surface area contributed by atoms with Gasteiger partial charge in [-0.25, -0.2) is 9.37 Å². The molecule has 4 rings (SSSR count). The van der Waals surface area contributed by atoms with Gasteiger partial charge in [0, 0.05) is 28.4 Å². The molecule has 160 valence electrons. The molecule has 1 atom stereocenters. The third-order valence-electron chi connectivity index (χ3n) is 5.05. The Kier molecular flexibility index (Phi) is 5.90. The molecule has 0 saturated heterocycles. The van der Waals surface area contributed by atoms with Gasteiger partial charge in [0.25, 0.3) is 0 Å². The predicted molar refractivity (Wildman–Crippen MR) is 118 cm³/mol. The average Bonchev–Trinajstić information content (AvgIpc) is 3.35. The van der Waals surface area contributed by atoms with Crippen molar-refractivity contribution in [3.63, 3.8) is 0 Å². The molecule has 1 amide bonds. The number of benzene rings is 2. The summed E-state index contributed by atoms with van der Waals surface area (Å²) in [6.07, 6.45) is 2.08. The second kappa shape index (κ2) is 8.77. The second-order valence-corrected chi connectivity index (χ2v) is 7.92. The van der Waals surface area contributed by atoms with Gasteiger partial charge in [0.15, 0.2) is 4.96 Å². The SMILES string of the molecule is COc1ccc(OC)c(C(C)NC(=O)Cc2csc3nc(-c4ccc(F)cc4)cn23)c1. The van der Waals surface area contributed by atoms with Crippen molar-refractivity contribution in [3.8, 4) is 22.8 Å². The highest BCUT2D eigenvalue weighted by Crippen LogP contribution is 2.29. The van der Waals surface area contributed by atoms with E-state index in [2.05, 4.69) is 10.3 Å². The van der Waals surface area contributed by atoms with E-state index in [0.29, 0.717) is 11.5 Å². The number of imidazole rings is 1. The van der Waals surface area contributed by atoms with Crippen LogP contribution >= 0.6 is 11.3 Å². The topological polar surface area (TPSA) is 64.9 Å². The van der Waals surface area contributed by atoms with Crippen molar-refractivity contribution in [2.45, 2.75) is 19.4 Å². The normalized spacial score (nSPS) is 12.0. The van der Waals surface area contributed by atoms with Crippen molar-refractivity contribution in [1.82, 2.24) is 14.7 Å². The highest BCUT2D eigenvalue weighted by atomic mass is 32.1. The minimum atomic E-state index is -0.288. The summed E-state index contributed by atoms with van der Waals surface area (Å²) in [5.41, 5.74) is 3.24. The lowest BCUT2D eigenvalue weighted by Gasteiger charge is -2.18. The van der Waals surface area contributed by atoms with Gasteiger partial charge in [-0.2, -0.15) is 0 Å². The molecule has 0 saturated carbocycles. The lowest BCUT2D eigenvalue weighted by Crippen LogP contribution is -2.28. The van der Waals surface area contributed by atoms with E-state index in [1.807, 2.05) is 41.1 Å². The summed E-state index contributed by atoms with van der Waals surface area (Å²) in [5.74, 6) is 0.978. The van der Waals surface area contributed by atoms with Crippen molar-refractivity contribution in [3.05, 3.63) is 71.1 Å². The molecule has 31 heavy (non-hydrogen) atoms. The van der Waals surface area contributed by atoms with Gasteiger partial charge >= 0.3 is 0 Å². The van der Waals surface area contributed by atoms with Crippen LogP contribution in [0.1, 0.15) is 24.2 Å². The number of rotatable bonds is 7. The first-order valence-corrected chi connectivity index (χ1v) is 10.6. The number of thiazole rings is 1. The molecule has 0 fully saturated rings. The summed E-state index contributed by atoms with van der Waals surface area (Å²) in [6.45, 7) is 1.91. The van der Waals surface area contributed by atoms with Crippen LogP contribution in [0.15, 0.2) is 54.0 Å². The first kappa shape index (κ1) is 20.9. The highest BCUT2D eigenvalue weighted by molar-refractivity contribution is 7.15. The van der Waals surface area contributed by atoms with E-state index in [1.54, 1.807) is 26.4 Å². The number of fused-ring (bicyclic) bond motifs is 1. The maximum Gasteiger partial charge on any atom is 0.226 e. The van der Waals surface area contributed by atoms with Crippen molar-refractivity contribution in [1.29, 1.82) is 0 Å². The van der Waals surface area contributed by atoms with Crippen molar-refractivity contribution < 1.29 is 18.7 Å². The maximum atomic E-state index is 13.2. The molecular formula is C23H22FN3O3S. The molecule has 0 aliphatic rings. The monoisotopic (exact) mass is 439 g/mol. The van der Waals surface area contributed by atoms with Gasteiger partial charge < -0.3 is 14.8 Å². The first-order valence-electron chi connectivity index (χ1n) is 9.71. The molecule has 1 unspecified atom stereocenters. The van der Waals surface area contributed by atoms with Crippen molar-refractivity contribution in [2.24, 2.45) is 0 Å². The second-order valence-electron chi connectivity index (χ2n) is 7.09. The van der Waals surface area contributed by atoms with Gasteiger partial charge in [-0.1, -0.05) is 0 Å². The Hall–Kier alpha value is -3.39. The number of ether oxygens (including phenoxy) is 2. The minimum absolute atomic E-state index is 0.117. The number of carbonyl (C=O) groups is 1. The Morgan fingerprint density at radius 2 is 1.97 bits per heavy atom. The van der Waals surface area contributed by atoms with E-state index < -0.39 is 0 Å². The van der Waals surface area contributed by atoms with Crippen molar-refractivity contribution in [2.75, 3.05) is 14.2 Å². The predicted octanol–water partition coefficient (Wildman–Crippen LogP) is 4.64. The third kappa shape index (κ3) is 4.39. The third-order valence-corrected chi connectivity index (χ3v) is 5.93. The Labute approximate surface area is 183 Å². The molecule has 2 aromatic heterocycles. The van der Waals surface area contributed by atoms with E-state index in [4.69, 9.17) is 9.47 Å². The first-order chi connectivity index (χ1) is 15.0. The maximum absolute atomic E-state index is 13.2. The summed E-state index contributed by atoms with van der Waals surface area (Å²) >= 11 is 1.46. The molecule has 2 aromatic carbocycles. The number of nitrogens with one attached hydrogen (secondary N) is 1. The molecule has 0 aliphatic carbocycles. The average molecular weight is 440 g/mol. The zero-order chi connectivity index (χ0) is 22.0. The van der Waals surface area contributed by atoms with Crippen LogP contribution in [-0.2, 0) is 11.2 Å². The zero-order valence-electron chi connectivity index (χ0n) is 17.4. The van der Waals surface area contributed by atoms with E-state index in [-0.39, 0.29) is 24.2 Å². The van der Waals surface area contributed by atoms with Gasteiger partial charge in [0.2, 0.25) is 5.91 Å². The van der Waals surface area contributed by atoms with Crippen LogP contribution in [-0.4, -0.2) is 29.5 Å². The van der Waals surface area contributed by atoms with E-state index in [0.717, 1.165) is 27.5 Å². The summed E-state index contributed by atoms with van der Waals surface area (Å²) in [6, 6.07) is 11.4. The molecule has 0 aliphatic heterocycles. The van der Waals surface area contributed by atoms with E-state index in [9.17, 15) is 9.18 Å². The Balaban J connectivity index is 1.50. The zero-order valence-corrected chi connectivity index (χ0v) is 18.2. The number of amides is 1. The van der Waals surface area contributed by atoms with Crippen LogP contribution in [0.5, 0.6) is 11.5 Å². The highest BCUT2D eigenvalue weighted by Gasteiger charge is 2.17. The molecule has 2 heterocycles. The lowest BCUT2D eigenvalue weighted by molar-refractivity contribution is -0.121. The number of methoxy groups -OCH3 is 2. The summed E-state index contributed by atoms with van der Waals surface area (Å²) < 4.78 is 25.8. The number of nitrogens with zero attached hydrogens (tertiary/aromatic N) is 2. The fourth-order valence-electron chi connectivity index (χ4n) is 3.43. The van der Waals surface area contributed by atoms with Crippen LogP contribution in [0.4, 0.5) is 4.39 Å². The van der Waals surface area contributed by atoms with Crippen LogP contribution in [0.2, 0.25) is 0 Å². The number of halogens is 1. The molecular weight excluding hydrogens is 417 g/mol. The van der Waals surface area contributed by atoms with Gasteiger partial charge in [-0.05, 0) is 49.4 Å². The van der Waals surface area contributed by atoms with Crippen LogP contribution in [0.25, 0.3) is 16.2 Å². The Morgan fingerprint density at radius 1 is 1.19 bits per heavy atom. The van der Waals surface area contributed by atoms with Crippen LogP contribution in [0.3, 0.4) is 0 Å². The summed E-state index contributed by atoms with van der Waals surface area (Å²) in [5, 5.41) is 4.95. The molecule has 0 bridgehead atoms. The molecule has 0 spiro atoms. The number of aromatic nitrogens is 2. The fourth-order valence-corrected chi connectivity index (χ4v) is 4.30. The number of hydrogen-bond donors (Lipinski definition) is 1. The van der Waals surface area contributed by atoms with Gasteiger partial charge in [-0.15, -0.1) is 11.3 Å². The van der Waals surface area contributed by atoms with Gasteiger partial charge in [-0.3, -0.25) is 9.20 Å². The quantitative estimate of drug-likeness (QED) is 0.456. The van der Waals surface area contributed by atoms with Crippen LogP contribution in [0, 0.1) is 5.82 Å². The van der Waals surface area contributed by atoms with Crippen molar-refractivity contribution >= 4 is 22.2 Å². The largest absolute Gasteiger partial charge is 0.497 e. The van der Waals surface area contributed by atoms with Gasteiger partial charge in [0.1, 0.15) is 17.3 Å². The standard InChI is InChI=1S/C23H22FN3O3S/c1-14(19-11-18(29-2)8-9-21(19)30-3)25-22(28)10-17-13-31-23-26-20(12-27(17)23)15-4-6-16(24)7-5-15/h4-9,11-14H,10H2,1-3H3,(H,25,28). The number of carbonyl (C=O) groups excluding carboxylic acids is 1. The Morgan fingerprint density at radius 3 is 2.68 bits per heavy atom. The molecule has 4 aromatic rings. The van der Waals surface area contributed by atoms with E-state index >= 15 is 0 Å². The summed E-state index contributed by atoms with van der Waals surface area (Å²) in [7, 11) is 3.20. The van der Waals surface area contributed by atoms with Gasteiger partial charge in [0.05, 0.1) is 32.4 Å². The molecule has 8 heteroatoms. The molecule has 6 nitrogen and oxygen atoms in total. The summed E-state index contributed by atoms with van der Waals surface area (Å²) in [4.78, 5) is 18.1. The minimum Gasteiger partial charge on any atom is -0.497 e. The lowest BCUT2D eigenvalue weighted by atomic mass is 10.1.